The van der Waals surface area contributed by atoms with Crippen molar-refractivity contribution in [2.45, 2.75) is 12.6 Å². The van der Waals surface area contributed by atoms with Crippen LogP contribution in [0.5, 0.6) is 0 Å². The van der Waals surface area contributed by atoms with Crippen LogP contribution in [0.2, 0.25) is 5.02 Å². The summed E-state index contributed by atoms with van der Waals surface area (Å²) in [5, 5.41) is 15.1. The van der Waals surface area contributed by atoms with Crippen LogP contribution < -0.4 is 10.2 Å². The Morgan fingerprint density at radius 1 is 1.18 bits per heavy atom. The van der Waals surface area contributed by atoms with E-state index in [1.54, 1.807) is 60.7 Å². The second kappa shape index (κ2) is 7.61. The summed E-state index contributed by atoms with van der Waals surface area (Å²) in [5.74, 6) is -0.139. The van der Waals surface area contributed by atoms with Crippen molar-refractivity contribution in [1.29, 1.82) is 0 Å². The number of anilines is 2. The molecule has 0 saturated heterocycles. The largest absolute Gasteiger partial charge is 0.453 e. The highest BCUT2D eigenvalue weighted by atomic mass is 35.5. The molecule has 1 aliphatic rings. The van der Waals surface area contributed by atoms with E-state index in [4.69, 9.17) is 11.6 Å². The number of amides is 2. The second-order valence-corrected chi connectivity index (χ2v) is 8.16. The van der Waals surface area contributed by atoms with Gasteiger partial charge in [0.2, 0.25) is 5.95 Å². The maximum absolute atomic E-state index is 13.5. The summed E-state index contributed by atoms with van der Waals surface area (Å²) in [7, 11) is 1.26. The number of nitrogens with one attached hydrogen (secondary N) is 2. The minimum absolute atomic E-state index is 0.200. The third-order valence-corrected chi connectivity index (χ3v) is 6.00. The second-order valence-electron chi connectivity index (χ2n) is 7.72. The van der Waals surface area contributed by atoms with Gasteiger partial charge in [0, 0.05) is 21.7 Å². The molecule has 0 saturated carbocycles. The molecule has 0 radical (unpaired) electrons. The molecular formula is C24H19ClN4O4. The van der Waals surface area contributed by atoms with Gasteiger partial charge in [0.25, 0.3) is 5.91 Å². The summed E-state index contributed by atoms with van der Waals surface area (Å²) >= 11 is 6.25. The summed E-state index contributed by atoms with van der Waals surface area (Å²) in [6, 6.07) is 17.3. The lowest BCUT2D eigenvalue weighted by Crippen LogP contribution is -2.45. The van der Waals surface area contributed by atoms with Crippen LogP contribution >= 0.6 is 11.6 Å². The van der Waals surface area contributed by atoms with Crippen molar-refractivity contribution in [2.24, 2.45) is 0 Å². The number of aromatic nitrogens is 2. The molecule has 0 unspecified atom stereocenters. The highest BCUT2D eigenvalue weighted by Gasteiger charge is 2.51. The number of methoxy groups -OCH3 is 1. The Bertz CT molecular complexity index is 1430. The Morgan fingerprint density at radius 2 is 1.97 bits per heavy atom. The molecule has 0 aliphatic carbocycles. The first-order valence-corrected chi connectivity index (χ1v) is 10.5. The fraction of sp³-hybridized carbons (Fsp3) is 0.125. The average molecular weight is 463 g/mol. The molecular weight excluding hydrogens is 444 g/mol. The van der Waals surface area contributed by atoms with Gasteiger partial charge in [-0.3, -0.25) is 15.0 Å². The zero-order valence-electron chi connectivity index (χ0n) is 17.7. The number of benzene rings is 3. The number of H-pyrrole nitrogens is 1. The SMILES string of the molecule is COC(=O)Nc1nc2cc([C@@]3(O)c4ccccc4C(=O)N3c3cc(Cl)ccc3C)ccc2[nH]1. The number of aliphatic hydroxyl groups is 1. The van der Waals surface area contributed by atoms with Crippen molar-refractivity contribution in [3.05, 3.63) is 87.9 Å². The number of carbonyl (C=O) groups is 2. The minimum Gasteiger partial charge on any atom is -0.453 e. The van der Waals surface area contributed by atoms with Gasteiger partial charge in [-0.1, -0.05) is 41.9 Å². The third-order valence-electron chi connectivity index (χ3n) is 5.76. The van der Waals surface area contributed by atoms with Gasteiger partial charge in [-0.15, -0.1) is 0 Å². The standard InChI is InChI=1S/C24H19ClN4O4/c1-13-7-9-15(25)12-20(13)29-21(30)16-5-3-4-6-17(16)24(29,32)14-8-10-18-19(11-14)27-22(26-18)28-23(31)33-2/h3-12,32H,1-2H3,(H2,26,27,28,31)/t24-/m1/s1. The van der Waals surface area contributed by atoms with E-state index in [1.165, 1.54) is 12.0 Å². The number of ether oxygens (including phenoxy) is 1. The van der Waals surface area contributed by atoms with Gasteiger partial charge >= 0.3 is 6.09 Å². The van der Waals surface area contributed by atoms with Crippen LogP contribution in [0.3, 0.4) is 0 Å². The lowest BCUT2D eigenvalue weighted by molar-refractivity contribution is 0.0703. The number of fused-ring (bicyclic) bond motifs is 2. The number of hydrogen-bond acceptors (Lipinski definition) is 5. The van der Waals surface area contributed by atoms with Crippen LogP contribution in [-0.2, 0) is 10.5 Å². The van der Waals surface area contributed by atoms with E-state index in [9.17, 15) is 14.7 Å². The van der Waals surface area contributed by atoms with Crippen LogP contribution in [0.4, 0.5) is 16.4 Å². The highest BCUT2D eigenvalue weighted by molar-refractivity contribution is 6.31. The van der Waals surface area contributed by atoms with Gasteiger partial charge < -0.3 is 14.8 Å². The van der Waals surface area contributed by atoms with E-state index in [0.717, 1.165) is 5.56 Å². The Morgan fingerprint density at radius 3 is 2.76 bits per heavy atom. The zero-order valence-corrected chi connectivity index (χ0v) is 18.5. The molecule has 2 amide bonds. The smallest absolute Gasteiger partial charge is 0.413 e. The summed E-state index contributed by atoms with van der Waals surface area (Å²) < 4.78 is 4.60. The van der Waals surface area contributed by atoms with Gasteiger partial charge in [-0.25, -0.2) is 9.78 Å². The molecule has 4 aromatic rings. The van der Waals surface area contributed by atoms with E-state index in [0.29, 0.717) is 38.4 Å². The maximum atomic E-state index is 13.5. The molecule has 1 aliphatic heterocycles. The average Bonchev–Trinajstić information content (AvgIpc) is 3.31. The summed E-state index contributed by atoms with van der Waals surface area (Å²) in [4.78, 5) is 33.7. The van der Waals surface area contributed by atoms with Crippen LogP contribution in [0, 0.1) is 6.92 Å². The Labute approximate surface area is 193 Å². The summed E-state index contributed by atoms with van der Waals surface area (Å²) in [5.41, 5.74) is 1.90. The molecule has 1 atom stereocenters. The number of imidazole rings is 1. The monoisotopic (exact) mass is 462 g/mol. The maximum Gasteiger partial charge on any atom is 0.413 e. The predicted octanol–water partition coefficient (Wildman–Crippen LogP) is 4.56. The first kappa shape index (κ1) is 21.0. The van der Waals surface area contributed by atoms with Crippen molar-refractivity contribution in [2.75, 3.05) is 17.3 Å². The van der Waals surface area contributed by atoms with Crippen LogP contribution in [-0.4, -0.2) is 34.2 Å². The molecule has 3 aromatic carbocycles. The zero-order chi connectivity index (χ0) is 23.3. The van der Waals surface area contributed by atoms with Gasteiger partial charge in [0.1, 0.15) is 0 Å². The molecule has 1 aromatic heterocycles. The molecule has 0 fully saturated rings. The fourth-order valence-corrected chi connectivity index (χ4v) is 4.35. The fourth-order valence-electron chi connectivity index (χ4n) is 4.18. The Hall–Kier alpha value is -3.88. The molecule has 0 bridgehead atoms. The normalized spacial score (nSPS) is 17.3. The molecule has 166 valence electrons. The lowest BCUT2D eigenvalue weighted by Gasteiger charge is -2.35. The van der Waals surface area contributed by atoms with Crippen LogP contribution in [0.25, 0.3) is 11.0 Å². The Kier molecular flexibility index (Phi) is 4.84. The first-order valence-electron chi connectivity index (χ1n) is 10.1. The third kappa shape index (κ3) is 3.23. The van der Waals surface area contributed by atoms with Crippen molar-refractivity contribution in [3.8, 4) is 0 Å². The number of nitrogens with zero attached hydrogens (tertiary/aromatic N) is 2. The van der Waals surface area contributed by atoms with E-state index in [1.807, 2.05) is 6.92 Å². The molecule has 33 heavy (non-hydrogen) atoms. The predicted molar refractivity (Wildman–Crippen MR) is 125 cm³/mol. The van der Waals surface area contributed by atoms with Crippen LogP contribution in [0.15, 0.2) is 60.7 Å². The van der Waals surface area contributed by atoms with Crippen molar-refractivity contribution in [3.63, 3.8) is 0 Å². The van der Waals surface area contributed by atoms with Crippen molar-refractivity contribution >= 4 is 46.3 Å². The molecule has 8 nitrogen and oxygen atoms in total. The number of rotatable bonds is 3. The van der Waals surface area contributed by atoms with E-state index < -0.39 is 11.8 Å². The van der Waals surface area contributed by atoms with Gasteiger partial charge in [0.15, 0.2) is 5.72 Å². The molecule has 2 heterocycles. The molecule has 3 N–H and O–H groups in total. The highest BCUT2D eigenvalue weighted by Crippen LogP contribution is 2.46. The summed E-state index contributed by atoms with van der Waals surface area (Å²) in [6.45, 7) is 1.85. The van der Waals surface area contributed by atoms with E-state index in [2.05, 4.69) is 20.0 Å². The number of carbonyl (C=O) groups excluding carboxylic acids is 2. The first-order chi connectivity index (χ1) is 15.8. The van der Waals surface area contributed by atoms with Gasteiger partial charge in [0.05, 0.1) is 23.8 Å². The quantitative estimate of drug-likeness (QED) is 0.414. The van der Waals surface area contributed by atoms with E-state index >= 15 is 0 Å². The molecule has 0 spiro atoms. The summed E-state index contributed by atoms with van der Waals surface area (Å²) in [6.07, 6.45) is -0.661. The number of aromatic amines is 1. The van der Waals surface area contributed by atoms with Crippen LogP contribution in [0.1, 0.15) is 27.0 Å². The van der Waals surface area contributed by atoms with Gasteiger partial charge in [-0.05, 0) is 42.8 Å². The van der Waals surface area contributed by atoms with E-state index in [-0.39, 0.29) is 11.9 Å². The number of aryl methyl sites for hydroxylation is 1. The Balaban J connectivity index is 1.70. The minimum atomic E-state index is -1.80. The van der Waals surface area contributed by atoms with Crippen molar-refractivity contribution < 1.29 is 19.4 Å². The number of hydrogen-bond donors (Lipinski definition) is 3. The molecule has 9 heteroatoms. The topological polar surface area (TPSA) is 108 Å². The lowest BCUT2D eigenvalue weighted by atomic mass is 9.93. The number of halogens is 1. The van der Waals surface area contributed by atoms with Gasteiger partial charge in [-0.2, -0.15) is 0 Å². The molecule has 5 rings (SSSR count). The van der Waals surface area contributed by atoms with Crippen molar-refractivity contribution in [1.82, 2.24) is 9.97 Å².